The minimum atomic E-state index is -3.42. The van der Waals surface area contributed by atoms with Gasteiger partial charge in [0.15, 0.2) is 0 Å². The van der Waals surface area contributed by atoms with E-state index in [1.165, 1.54) is 16.3 Å². The van der Waals surface area contributed by atoms with E-state index in [1.807, 2.05) is 11.4 Å². The molecule has 0 aliphatic carbocycles. The van der Waals surface area contributed by atoms with Crippen LogP contribution in [0.15, 0.2) is 71.1 Å². The Morgan fingerprint density at radius 1 is 1.17 bits per heavy atom. The maximum atomic E-state index is 13.1. The highest BCUT2D eigenvalue weighted by Gasteiger charge is 2.35. The predicted octanol–water partition coefficient (Wildman–Crippen LogP) is 3.82. The second kappa shape index (κ2) is 7.92. The normalized spacial score (nSPS) is 16.4. The molecule has 0 saturated carbocycles. The van der Waals surface area contributed by atoms with E-state index in [9.17, 15) is 18.3 Å². The second-order valence-corrected chi connectivity index (χ2v) is 9.60. The van der Waals surface area contributed by atoms with E-state index < -0.39 is 16.1 Å². The fraction of sp³-hybridized carbons (Fsp3) is 0.143. The van der Waals surface area contributed by atoms with Crippen molar-refractivity contribution in [3.8, 4) is 5.75 Å². The first-order valence-corrected chi connectivity index (χ1v) is 11.9. The molecule has 0 spiro atoms. The molecule has 1 unspecified atom stereocenters. The van der Waals surface area contributed by atoms with Crippen LogP contribution in [0.4, 0.5) is 5.69 Å². The molecule has 3 aromatic rings. The fourth-order valence-corrected chi connectivity index (χ4v) is 4.58. The first-order chi connectivity index (χ1) is 14.3. The topological polar surface area (TPSA) is 99.1 Å². The van der Waals surface area contributed by atoms with Gasteiger partial charge in [0, 0.05) is 17.7 Å². The Labute approximate surface area is 178 Å². The van der Waals surface area contributed by atoms with Crippen LogP contribution in [0.5, 0.6) is 5.75 Å². The average molecular weight is 442 g/mol. The number of hydrogen-bond donors (Lipinski definition) is 2. The maximum Gasteiger partial charge on any atom is 0.284 e. The third-order valence-electron chi connectivity index (χ3n) is 4.65. The number of aromatic hydroxyl groups is 1. The monoisotopic (exact) mass is 441 g/mol. The molecule has 1 atom stereocenters. The van der Waals surface area contributed by atoms with Gasteiger partial charge in [0.1, 0.15) is 5.75 Å². The molecule has 2 N–H and O–H groups in total. The van der Waals surface area contributed by atoms with Crippen molar-refractivity contribution in [1.82, 2.24) is 5.01 Å². The van der Waals surface area contributed by atoms with Gasteiger partial charge in [-0.25, -0.2) is 13.4 Å². The van der Waals surface area contributed by atoms with Crippen LogP contribution >= 0.6 is 11.3 Å². The molecule has 2 heterocycles. The number of benzene rings is 2. The highest BCUT2D eigenvalue weighted by atomic mass is 32.2. The Kier molecular flexibility index (Phi) is 5.31. The molecule has 4 rings (SSSR count). The van der Waals surface area contributed by atoms with E-state index in [2.05, 4.69) is 9.82 Å². The number of amides is 1. The predicted molar refractivity (Wildman–Crippen MR) is 117 cm³/mol. The zero-order valence-corrected chi connectivity index (χ0v) is 17.7. The lowest BCUT2D eigenvalue weighted by molar-refractivity contribution is 0.0714. The Morgan fingerprint density at radius 3 is 2.67 bits per heavy atom. The molecule has 7 nitrogen and oxygen atoms in total. The summed E-state index contributed by atoms with van der Waals surface area (Å²) in [6.45, 7) is 0. The number of carbonyl (C=O) groups is 1. The average Bonchev–Trinajstić information content (AvgIpc) is 3.37. The number of sulfonamides is 1. The van der Waals surface area contributed by atoms with Crippen LogP contribution in [0.1, 0.15) is 33.3 Å². The number of phenolic OH excluding ortho intramolecular Hbond substituents is 1. The highest BCUT2D eigenvalue weighted by molar-refractivity contribution is 7.92. The van der Waals surface area contributed by atoms with Crippen LogP contribution in [-0.4, -0.2) is 36.4 Å². The number of nitrogens with one attached hydrogen (secondary N) is 1. The summed E-state index contributed by atoms with van der Waals surface area (Å²) >= 11 is 1.33. The summed E-state index contributed by atoms with van der Waals surface area (Å²) < 4.78 is 25.6. The molecule has 0 saturated heterocycles. The van der Waals surface area contributed by atoms with Gasteiger partial charge in [0.05, 0.1) is 22.9 Å². The number of nitrogens with zero attached hydrogens (tertiary/aromatic N) is 2. The van der Waals surface area contributed by atoms with E-state index in [0.29, 0.717) is 33.8 Å². The lowest BCUT2D eigenvalue weighted by Crippen LogP contribution is -2.26. The van der Waals surface area contributed by atoms with Crippen molar-refractivity contribution < 1.29 is 18.3 Å². The molecule has 1 aliphatic heterocycles. The van der Waals surface area contributed by atoms with Gasteiger partial charge >= 0.3 is 0 Å². The third-order valence-corrected chi connectivity index (χ3v) is 6.11. The van der Waals surface area contributed by atoms with Crippen LogP contribution in [0, 0.1) is 0 Å². The third kappa shape index (κ3) is 4.22. The van der Waals surface area contributed by atoms with Gasteiger partial charge in [-0.3, -0.25) is 9.52 Å². The van der Waals surface area contributed by atoms with Crippen LogP contribution < -0.4 is 4.72 Å². The minimum Gasteiger partial charge on any atom is -0.508 e. The quantitative estimate of drug-likeness (QED) is 0.629. The van der Waals surface area contributed by atoms with E-state index in [0.717, 1.165) is 6.26 Å². The Morgan fingerprint density at radius 2 is 1.97 bits per heavy atom. The summed E-state index contributed by atoms with van der Waals surface area (Å²) in [6.07, 6.45) is 1.47. The lowest BCUT2D eigenvalue weighted by atomic mass is 9.97. The number of thiophene rings is 1. The highest BCUT2D eigenvalue weighted by Crippen LogP contribution is 2.38. The van der Waals surface area contributed by atoms with Gasteiger partial charge in [-0.1, -0.05) is 36.4 Å². The molecule has 1 aromatic heterocycles. The van der Waals surface area contributed by atoms with Crippen LogP contribution in [-0.2, 0) is 10.0 Å². The molecule has 9 heteroatoms. The Balaban J connectivity index is 1.73. The molecule has 2 aromatic carbocycles. The number of phenols is 1. The molecule has 1 aliphatic rings. The van der Waals surface area contributed by atoms with Crippen molar-refractivity contribution in [2.45, 2.75) is 12.5 Å². The number of anilines is 1. The molecule has 154 valence electrons. The summed E-state index contributed by atoms with van der Waals surface area (Å²) in [5.41, 5.74) is 2.35. The summed E-state index contributed by atoms with van der Waals surface area (Å²) in [7, 11) is -3.42. The summed E-state index contributed by atoms with van der Waals surface area (Å²) in [5.74, 6) is -0.158. The lowest BCUT2D eigenvalue weighted by Gasteiger charge is -2.22. The zero-order chi connectivity index (χ0) is 21.3. The van der Waals surface area contributed by atoms with Crippen molar-refractivity contribution in [1.29, 1.82) is 0 Å². The molecule has 0 radical (unpaired) electrons. The van der Waals surface area contributed by atoms with Gasteiger partial charge in [-0.15, -0.1) is 11.3 Å². The molecule has 0 bridgehead atoms. The van der Waals surface area contributed by atoms with Crippen LogP contribution in [0.3, 0.4) is 0 Å². The Hall–Kier alpha value is -3.17. The number of hydrazone groups is 1. The van der Waals surface area contributed by atoms with Crippen molar-refractivity contribution in [3.63, 3.8) is 0 Å². The molecular formula is C21H19N3O4S2. The van der Waals surface area contributed by atoms with E-state index in [4.69, 9.17) is 0 Å². The number of carbonyl (C=O) groups excluding carboxylic acids is 1. The smallest absolute Gasteiger partial charge is 0.284 e. The van der Waals surface area contributed by atoms with Gasteiger partial charge in [0.25, 0.3) is 5.91 Å². The van der Waals surface area contributed by atoms with Crippen LogP contribution in [0.25, 0.3) is 0 Å². The minimum absolute atomic E-state index is 0.0930. The standard InChI is InChI=1S/C21H19N3O4S2/c1-30(27,28)23-15-7-4-6-14(12-15)17-13-18(16-8-2-3-9-19(16)25)24(22-17)21(26)20-10-5-11-29-20/h2-12,18,23,25H,13H2,1H3. The molecule has 0 fully saturated rings. The van der Waals surface area contributed by atoms with Gasteiger partial charge in [0.2, 0.25) is 10.0 Å². The summed E-state index contributed by atoms with van der Waals surface area (Å²) in [5, 5.41) is 18.2. The van der Waals surface area contributed by atoms with Gasteiger partial charge in [-0.05, 0) is 35.2 Å². The largest absolute Gasteiger partial charge is 0.508 e. The molecule has 30 heavy (non-hydrogen) atoms. The van der Waals surface area contributed by atoms with Crippen LogP contribution in [0.2, 0.25) is 0 Å². The number of rotatable bonds is 5. The Bertz CT molecular complexity index is 1220. The van der Waals surface area contributed by atoms with Crippen molar-refractivity contribution in [2.75, 3.05) is 11.0 Å². The molecule has 1 amide bonds. The van der Waals surface area contributed by atoms with E-state index in [-0.39, 0.29) is 11.7 Å². The van der Waals surface area contributed by atoms with Crippen molar-refractivity contribution in [3.05, 3.63) is 82.0 Å². The van der Waals surface area contributed by atoms with Crippen molar-refractivity contribution >= 4 is 38.7 Å². The van der Waals surface area contributed by atoms with E-state index >= 15 is 0 Å². The molecular weight excluding hydrogens is 422 g/mol. The fourth-order valence-electron chi connectivity index (χ4n) is 3.37. The summed E-state index contributed by atoms with van der Waals surface area (Å²) in [4.78, 5) is 13.6. The summed E-state index contributed by atoms with van der Waals surface area (Å²) in [6, 6.07) is 16.8. The second-order valence-electron chi connectivity index (χ2n) is 6.91. The van der Waals surface area contributed by atoms with E-state index in [1.54, 1.807) is 54.6 Å². The number of hydrogen-bond acceptors (Lipinski definition) is 6. The maximum absolute atomic E-state index is 13.1. The zero-order valence-electron chi connectivity index (χ0n) is 16.0. The van der Waals surface area contributed by atoms with Gasteiger partial charge in [-0.2, -0.15) is 5.10 Å². The van der Waals surface area contributed by atoms with Gasteiger partial charge < -0.3 is 5.11 Å². The first-order valence-electron chi connectivity index (χ1n) is 9.12. The SMILES string of the molecule is CS(=O)(=O)Nc1cccc(C2=NN(C(=O)c3cccs3)C(c3ccccc3O)C2)c1. The first kappa shape index (κ1) is 20.1. The van der Waals surface area contributed by atoms with Crippen molar-refractivity contribution in [2.24, 2.45) is 5.10 Å². The number of para-hydroxylation sites is 1.